The van der Waals surface area contributed by atoms with Gasteiger partial charge in [-0.3, -0.25) is 4.79 Å². The van der Waals surface area contributed by atoms with E-state index in [1.807, 2.05) is 42.5 Å². The van der Waals surface area contributed by atoms with E-state index in [1.54, 1.807) is 6.07 Å². The van der Waals surface area contributed by atoms with E-state index in [1.165, 1.54) is 0 Å². The lowest BCUT2D eigenvalue weighted by atomic mass is 9.85. The lowest BCUT2D eigenvalue weighted by Crippen LogP contribution is -2.44. The molecule has 1 saturated carbocycles. The zero-order chi connectivity index (χ0) is 18.4. The Morgan fingerprint density at radius 1 is 1.00 bits per heavy atom. The first-order chi connectivity index (χ1) is 12.6. The predicted octanol–water partition coefficient (Wildman–Crippen LogP) is 3.31. The van der Waals surface area contributed by atoms with Crippen molar-refractivity contribution in [1.82, 2.24) is 5.32 Å². The van der Waals surface area contributed by atoms with Crippen molar-refractivity contribution in [3.8, 4) is 11.1 Å². The van der Waals surface area contributed by atoms with E-state index < -0.39 is 5.60 Å². The number of aliphatic hydroxyl groups is 2. The van der Waals surface area contributed by atoms with Crippen molar-refractivity contribution >= 4 is 5.91 Å². The van der Waals surface area contributed by atoms with E-state index in [4.69, 9.17) is 5.11 Å². The van der Waals surface area contributed by atoms with Gasteiger partial charge < -0.3 is 15.5 Å². The molecule has 26 heavy (non-hydrogen) atoms. The van der Waals surface area contributed by atoms with E-state index >= 15 is 0 Å². The second-order valence-corrected chi connectivity index (χ2v) is 7.22. The summed E-state index contributed by atoms with van der Waals surface area (Å²) in [4.78, 5) is 12.5. The maximum absolute atomic E-state index is 12.5. The fraction of sp³-hybridized carbons (Fsp3) is 0.409. The van der Waals surface area contributed by atoms with Gasteiger partial charge in [-0.2, -0.15) is 0 Å². The van der Waals surface area contributed by atoms with E-state index in [0.717, 1.165) is 48.8 Å². The molecule has 1 amide bonds. The van der Waals surface area contributed by atoms with Gasteiger partial charge in [0.05, 0.1) is 5.60 Å². The first-order valence-corrected chi connectivity index (χ1v) is 9.40. The third-order valence-electron chi connectivity index (χ3n) is 5.17. The molecule has 2 aromatic rings. The molecule has 0 saturated heterocycles. The van der Waals surface area contributed by atoms with E-state index in [2.05, 4.69) is 5.32 Å². The van der Waals surface area contributed by atoms with Gasteiger partial charge in [-0.25, -0.2) is 0 Å². The Kier molecular flexibility index (Phi) is 6.07. The highest BCUT2D eigenvalue weighted by molar-refractivity contribution is 5.95. The lowest BCUT2D eigenvalue weighted by Gasteiger charge is -2.32. The first-order valence-electron chi connectivity index (χ1n) is 9.40. The molecule has 1 fully saturated rings. The van der Waals surface area contributed by atoms with Crippen LogP contribution in [0.25, 0.3) is 11.1 Å². The number of hydrogen-bond donors (Lipinski definition) is 3. The summed E-state index contributed by atoms with van der Waals surface area (Å²) in [6.45, 7) is 0.452. The number of hydrogen-bond acceptors (Lipinski definition) is 3. The molecule has 0 heterocycles. The van der Waals surface area contributed by atoms with Gasteiger partial charge in [0.15, 0.2) is 0 Å². The molecule has 0 radical (unpaired) electrons. The summed E-state index contributed by atoms with van der Waals surface area (Å²) in [5.74, 6) is -0.150. The van der Waals surface area contributed by atoms with Crippen LogP contribution in [0.3, 0.4) is 0 Å². The Labute approximate surface area is 154 Å². The summed E-state index contributed by atoms with van der Waals surface area (Å²) in [6, 6.07) is 15.5. The minimum absolute atomic E-state index is 0.140. The van der Waals surface area contributed by atoms with E-state index in [9.17, 15) is 9.90 Å². The Bertz CT molecular complexity index is 733. The van der Waals surface area contributed by atoms with Crippen molar-refractivity contribution in [2.45, 2.75) is 44.1 Å². The number of benzene rings is 2. The molecule has 138 valence electrons. The highest BCUT2D eigenvalue weighted by atomic mass is 16.3. The average Bonchev–Trinajstić information content (AvgIpc) is 2.68. The maximum Gasteiger partial charge on any atom is 0.251 e. The standard InChI is InChI=1S/C22H27NO3/c24-14-11-17-7-9-18(10-8-17)19-5-4-6-20(15-19)21(25)23-16-22(26)12-2-1-3-13-22/h4-10,15,24,26H,1-3,11-14,16H2,(H,23,25). The van der Waals surface area contributed by atoms with Crippen LogP contribution < -0.4 is 5.32 Å². The Hall–Kier alpha value is -2.17. The van der Waals surface area contributed by atoms with Gasteiger partial charge in [-0.05, 0) is 48.1 Å². The summed E-state index contributed by atoms with van der Waals surface area (Å²) < 4.78 is 0. The number of amides is 1. The number of nitrogens with one attached hydrogen (secondary N) is 1. The van der Waals surface area contributed by atoms with Gasteiger partial charge in [0, 0.05) is 18.7 Å². The Morgan fingerprint density at radius 2 is 1.73 bits per heavy atom. The molecule has 1 aliphatic rings. The summed E-state index contributed by atoms with van der Waals surface area (Å²) in [5, 5.41) is 22.4. The third kappa shape index (κ3) is 4.71. The molecule has 2 aromatic carbocycles. The first kappa shape index (κ1) is 18.6. The molecule has 4 nitrogen and oxygen atoms in total. The third-order valence-corrected chi connectivity index (χ3v) is 5.17. The fourth-order valence-corrected chi connectivity index (χ4v) is 3.57. The van der Waals surface area contributed by atoms with Crippen LogP contribution in [-0.4, -0.2) is 34.9 Å². The molecule has 1 aliphatic carbocycles. The Morgan fingerprint density at radius 3 is 2.42 bits per heavy atom. The van der Waals surface area contributed by atoms with Crippen LogP contribution in [0.1, 0.15) is 48.0 Å². The van der Waals surface area contributed by atoms with Crippen LogP contribution >= 0.6 is 0 Å². The van der Waals surface area contributed by atoms with Crippen LogP contribution in [0.4, 0.5) is 0 Å². The van der Waals surface area contributed by atoms with Crippen molar-refractivity contribution in [2.24, 2.45) is 0 Å². The van der Waals surface area contributed by atoms with Gasteiger partial charge in [0.1, 0.15) is 0 Å². The summed E-state index contributed by atoms with van der Waals surface area (Å²) in [5.41, 5.74) is 2.94. The van der Waals surface area contributed by atoms with Crippen molar-refractivity contribution in [3.05, 3.63) is 59.7 Å². The van der Waals surface area contributed by atoms with Crippen molar-refractivity contribution in [3.63, 3.8) is 0 Å². The van der Waals surface area contributed by atoms with Gasteiger partial charge in [-0.1, -0.05) is 55.7 Å². The van der Waals surface area contributed by atoms with Gasteiger partial charge >= 0.3 is 0 Å². The minimum Gasteiger partial charge on any atom is -0.396 e. The minimum atomic E-state index is -0.756. The molecule has 0 unspecified atom stereocenters. The fourth-order valence-electron chi connectivity index (χ4n) is 3.57. The van der Waals surface area contributed by atoms with Crippen molar-refractivity contribution < 1.29 is 15.0 Å². The molecule has 0 aromatic heterocycles. The second kappa shape index (κ2) is 8.47. The molecular formula is C22H27NO3. The van der Waals surface area contributed by atoms with Gasteiger partial charge in [-0.15, -0.1) is 0 Å². The zero-order valence-electron chi connectivity index (χ0n) is 15.1. The van der Waals surface area contributed by atoms with Crippen LogP contribution in [-0.2, 0) is 6.42 Å². The van der Waals surface area contributed by atoms with Gasteiger partial charge in [0.2, 0.25) is 0 Å². The van der Waals surface area contributed by atoms with Crippen molar-refractivity contribution in [2.75, 3.05) is 13.2 Å². The topological polar surface area (TPSA) is 69.6 Å². The van der Waals surface area contributed by atoms with Crippen molar-refractivity contribution in [1.29, 1.82) is 0 Å². The monoisotopic (exact) mass is 353 g/mol. The highest BCUT2D eigenvalue weighted by Gasteiger charge is 2.29. The summed E-state index contributed by atoms with van der Waals surface area (Å²) in [7, 11) is 0. The smallest absolute Gasteiger partial charge is 0.251 e. The van der Waals surface area contributed by atoms with Crippen LogP contribution in [0.2, 0.25) is 0 Å². The second-order valence-electron chi connectivity index (χ2n) is 7.22. The SMILES string of the molecule is O=C(NCC1(O)CCCCC1)c1cccc(-c2ccc(CCO)cc2)c1. The van der Waals surface area contributed by atoms with Crippen LogP contribution in [0, 0.1) is 0 Å². The number of carbonyl (C=O) groups excluding carboxylic acids is 1. The average molecular weight is 353 g/mol. The highest BCUT2D eigenvalue weighted by Crippen LogP contribution is 2.27. The normalized spacial score (nSPS) is 16.2. The molecule has 0 aliphatic heterocycles. The largest absolute Gasteiger partial charge is 0.396 e. The van der Waals surface area contributed by atoms with E-state index in [0.29, 0.717) is 18.5 Å². The molecule has 0 spiro atoms. The molecule has 4 heteroatoms. The molecule has 0 atom stereocenters. The number of aliphatic hydroxyl groups excluding tert-OH is 1. The van der Waals surface area contributed by atoms with Gasteiger partial charge in [0.25, 0.3) is 5.91 Å². The summed E-state index contributed by atoms with van der Waals surface area (Å²) >= 11 is 0. The molecule has 3 N–H and O–H groups in total. The lowest BCUT2D eigenvalue weighted by molar-refractivity contribution is 0.00526. The predicted molar refractivity (Wildman–Crippen MR) is 103 cm³/mol. The van der Waals surface area contributed by atoms with E-state index in [-0.39, 0.29) is 12.5 Å². The van der Waals surface area contributed by atoms with Crippen LogP contribution in [0.15, 0.2) is 48.5 Å². The number of rotatable bonds is 6. The molecule has 0 bridgehead atoms. The number of carbonyl (C=O) groups is 1. The molecular weight excluding hydrogens is 326 g/mol. The summed E-state index contributed by atoms with van der Waals surface area (Å²) in [6.07, 6.45) is 5.37. The zero-order valence-corrected chi connectivity index (χ0v) is 15.1. The maximum atomic E-state index is 12.5. The molecule has 3 rings (SSSR count). The Balaban J connectivity index is 1.67. The van der Waals surface area contributed by atoms with Crippen LogP contribution in [0.5, 0.6) is 0 Å². The quantitative estimate of drug-likeness (QED) is 0.746.